The maximum Gasteiger partial charge on any atom is 0.337 e. The number of sulfone groups is 1. The van der Waals surface area contributed by atoms with Crippen molar-refractivity contribution in [3.8, 4) is 11.5 Å². The molecule has 0 unspecified atom stereocenters. The number of carbonyl (C=O) groups excluding carboxylic acids is 2. The number of aryl methyl sites for hydroxylation is 1. The second-order valence-corrected chi connectivity index (χ2v) is 12.1. The second kappa shape index (κ2) is 10.3. The van der Waals surface area contributed by atoms with Gasteiger partial charge in [-0.3, -0.25) is 4.79 Å². The predicted molar refractivity (Wildman–Crippen MR) is 127 cm³/mol. The molecule has 186 valence electrons. The summed E-state index contributed by atoms with van der Waals surface area (Å²) in [5, 5.41) is -0.457. The van der Waals surface area contributed by atoms with Crippen LogP contribution >= 0.6 is 0 Å². The van der Waals surface area contributed by atoms with E-state index in [2.05, 4.69) is 4.98 Å². The van der Waals surface area contributed by atoms with Crippen LogP contribution in [0.4, 0.5) is 0 Å². The third kappa shape index (κ3) is 6.68. The van der Waals surface area contributed by atoms with E-state index in [4.69, 9.17) is 13.9 Å². The molecule has 1 aromatic heterocycles. The largest absolute Gasteiger partial charge is 0.465 e. The van der Waals surface area contributed by atoms with Crippen LogP contribution in [0.2, 0.25) is 0 Å². The Kier molecular flexibility index (Phi) is 7.85. The number of nitrogens with zero attached hydrogens (tertiary/aromatic N) is 1. The zero-order chi connectivity index (χ0) is 25.1. The highest BCUT2D eigenvalue weighted by Crippen LogP contribution is 2.33. The Labute approximate surface area is 201 Å². The highest BCUT2D eigenvalue weighted by Gasteiger charge is 2.33. The van der Waals surface area contributed by atoms with Gasteiger partial charge < -0.3 is 13.9 Å². The molecule has 1 saturated carbocycles. The van der Waals surface area contributed by atoms with Gasteiger partial charge in [0.2, 0.25) is 5.89 Å². The van der Waals surface area contributed by atoms with E-state index >= 15 is 0 Å². The molecule has 0 amide bonds. The van der Waals surface area contributed by atoms with Crippen LogP contribution < -0.4 is 0 Å². The Morgan fingerprint density at radius 2 is 1.71 bits per heavy atom. The van der Waals surface area contributed by atoms with Crippen LogP contribution in [0.5, 0.6) is 0 Å². The van der Waals surface area contributed by atoms with Crippen molar-refractivity contribution in [1.82, 2.24) is 4.98 Å². The van der Waals surface area contributed by atoms with Crippen LogP contribution in [0.1, 0.15) is 74.7 Å². The van der Waals surface area contributed by atoms with Crippen molar-refractivity contribution in [3.63, 3.8) is 0 Å². The van der Waals surface area contributed by atoms with E-state index in [1.165, 1.54) is 7.11 Å². The third-order valence-corrected chi connectivity index (χ3v) is 8.12. The highest BCUT2D eigenvalue weighted by molar-refractivity contribution is 7.91. The molecule has 1 fully saturated rings. The van der Waals surface area contributed by atoms with Gasteiger partial charge in [0.1, 0.15) is 11.4 Å². The molecule has 0 bridgehead atoms. The van der Waals surface area contributed by atoms with Crippen LogP contribution in [-0.4, -0.2) is 43.3 Å². The van der Waals surface area contributed by atoms with Gasteiger partial charge in [0.05, 0.1) is 29.4 Å². The molecule has 8 nitrogen and oxygen atoms in total. The summed E-state index contributed by atoms with van der Waals surface area (Å²) in [5.74, 6) is 0.0419. The molecule has 1 aliphatic rings. The summed E-state index contributed by atoms with van der Waals surface area (Å²) in [7, 11) is -2.12. The molecule has 1 aromatic carbocycles. The van der Waals surface area contributed by atoms with E-state index < -0.39 is 26.7 Å². The van der Waals surface area contributed by atoms with Crippen molar-refractivity contribution in [2.24, 2.45) is 5.92 Å². The van der Waals surface area contributed by atoms with Crippen LogP contribution in [-0.2, 0) is 29.9 Å². The molecule has 0 aliphatic heterocycles. The van der Waals surface area contributed by atoms with E-state index in [9.17, 15) is 18.0 Å². The number of carbonyl (C=O) groups is 2. The molecule has 9 heteroatoms. The fraction of sp³-hybridized carbons (Fsp3) is 0.560. The molecule has 3 rings (SSSR count). The van der Waals surface area contributed by atoms with Gasteiger partial charge in [0.25, 0.3) is 0 Å². The minimum absolute atomic E-state index is 0.148. The lowest BCUT2D eigenvalue weighted by Crippen LogP contribution is -2.30. The first kappa shape index (κ1) is 25.9. The molecule has 0 atom stereocenters. The SMILES string of the molecule is COC(=O)c1ccc(-c2nc(CS(=O)(=O)C3CCC(CC(=O)OC(C)(C)C)CC3)c(C)o2)cc1. The number of hydrogen-bond donors (Lipinski definition) is 0. The van der Waals surface area contributed by atoms with Crippen LogP contribution in [0.15, 0.2) is 28.7 Å². The fourth-order valence-corrected chi connectivity index (χ4v) is 6.05. The van der Waals surface area contributed by atoms with Crippen molar-refractivity contribution in [1.29, 1.82) is 0 Å². The van der Waals surface area contributed by atoms with Gasteiger partial charge in [-0.2, -0.15) is 0 Å². The summed E-state index contributed by atoms with van der Waals surface area (Å²) >= 11 is 0. The Morgan fingerprint density at radius 1 is 1.09 bits per heavy atom. The summed E-state index contributed by atoms with van der Waals surface area (Å²) in [6.45, 7) is 7.21. The molecule has 0 spiro atoms. The zero-order valence-electron chi connectivity index (χ0n) is 20.4. The quantitative estimate of drug-likeness (QED) is 0.515. The standard InChI is InChI=1S/C25H33NO7S/c1-16-21(26-23(32-16)18-8-10-19(11-9-18)24(28)31-5)15-34(29,30)20-12-6-17(7-13-20)14-22(27)33-25(2,3)4/h8-11,17,20H,6-7,12-15H2,1-5H3. The van der Waals surface area contributed by atoms with Crippen LogP contribution in [0, 0.1) is 12.8 Å². The molecule has 1 heterocycles. The first-order valence-electron chi connectivity index (χ1n) is 11.5. The number of oxazole rings is 1. The second-order valence-electron chi connectivity index (χ2n) is 9.83. The van der Waals surface area contributed by atoms with Gasteiger partial charge in [0.15, 0.2) is 9.84 Å². The molecule has 0 saturated heterocycles. The van der Waals surface area contributed by atoms with E-state index in [1.807, 2.05) is 20.8 Å². The Morgan fingerprint density at radius 3 is 2.26 bits per heavy atom. The van der Waals surface area contributed by atoms with E-state index in [1.54, 1.807) is 31.2 Å². The van der Waals surface area contributed by atoms with Crippen molar-refractivity contribution in [2.75, 3.05) is 7.11 Å². The topological polar surface area (TPSA) is 113 Å². The molecule has 34 heavy (non-hydrogen) atoms. The first-order chi connectivity index (χ1) is 15.9. The third-order valence-electron chi connectivity index (χ3n) is 5.96. The molecular formula is C25H33NO7S. The van der Waals surface area contributed by atoms with Crippen LogP contribution in [0.25, 0.3) is 11.5 Å². The Balaban J connectivity index is 1.61. The van der Waals surface area contributed by atoms with Gasteiger partial charge in [0, 0.05) is 12.0 Å². The van der Waals surface area contributed by atoms with Crippen molar-refractivity contribution in [2.45, 2.75) is 76.4 Å². The lowest BCUT2D eigenvalue weighted by Gasteiger charge is -2.28. The van der Waals surface area contributed by atoms with Gasteiger partial charge in [-0.1, -0.05) is 0 Å². The summed E-state index contributed by atoms with van der Waals surface area (Å²) in [6.07, 6.45) is 2.73. The highest BCUT2D eigenvalue weighted by atomic mass is 32.2. The lowest BCUT2D eigenvalue weighted by molar-refractivity contribution is -0.156. The van der Waals surface area contributed by atoms with Crippen molar-refractivity contribution in [3.05, 3.63) is 41.3 Å². The number of esters is 2. The summed E-state index contributed by atoms with van der Waals surface area (Å²) < 4.78 is 42.0. The number of hydrogen-bond acceptors (Lipinski definition) is 8. The number of benzene rings is 1. The lowest BCUT2D eigenvalue weighted by atomic mass is 9.86. The van der Waals surface area contributed by atoms with Gasteiger partial charge in [-0.05, 0) is 83.6 Å². The fourth-order valence-electron chi connectivity index (χ4n) is 4.17. The summed E-state index contributed by atoms with van der Waals surface area (Å²) in [4.78, 5) is 28.1. The van der Waals surface area contributed by atoms with E-state index in [-0.39, 0.29) is 17.6 Å². The zero-order valence-corrected chi connectivity index (χ0v) is 21.2. The number of methoxy groups -OCH3 is 1. The normalized spacial score (nSPS) is 19.0. The van der Waals surface area contributed by atoms with Gasteiger partial charge >= 0.3 is 11.9 Å². The number of ether oxygens (including phenoxy) is 2. The maximum absolute atomic E-state index is 13.1. The average Bonchev–Trinajstić information content (AvgIpc) is 3.12. The maximum atomic E-state index is 13.1. The Hall–Kier alpha value is -2.68. The minimum atomic E-state index is -3.43. The minimum Gasteiger partial charge on any atom is -0.465 e. The van der Waals surface area contributed by atoms with Crippen LogP contribution in [0.3, 0.4) is 0 Å². The molecular weight excluding hydrogens is 458 g/mol. The molecule has 1 aliphatic carbocycles. The summed E-state index contributed by atoms with van der Waals surface area (Å²) in [5.41, 5.74) is 0.916. The monoisotopic (exact) mass is 491 g/mol. The Bertz CT molecular complexity index is 1120. The van der Waals surface area contributed by atoms with Gasteiger partial charge in [-0.15, -0.1) is 0 Å². The average molecular weight is 492 g/mol. The van der Waals surface area contributed by atoms with Gasteiger partial charge in [-0.25, -0.2) is 18.2 Å². The van der Waals surface area contributed by atoms with Crippen molar-refractivity contribution >= 4 is 21.8 Å². The smallest absolute Gasteiger partial charge is 0.337 e. The van der Waals surface area contributed by atoms with E-state index in [0.29, 0.717) is 60.6 Å². The van der Waals surface area contributed by atoms with Crippen molar-refractivity contribution < 1.29 is 31.9 Å². The molecule has 0 radical (unpaired) electrons. The summed E-state index contributed by atoms with van der Waals surface area (Å²) in [6, 6.07) is 6.57. The number of aromatic nitrogens is 1. The van der Waals surface area contributed by atoms with E-state index in [0.717, 1.165) is 0 Å². The molecule has 2 aromatic rings. The first-order valence-corrected chi connectivity index (χ1v) is 13.2. The number of rotatable bonds is 7. The molecule has 0 N–H and O–H groups in total. The predicted octanol–water partition coefficient (Wildman–Crippen LogP) is 4.64.